The molecule has 0 aromatic carbocycles. The molecule has 1 aliphatic heterocycles. The normalized spacial score (nSPS) is 15.6. The molecule has 0 radical (unpaired) electrons. The van der Waals surface area contributed by atoms with Crippen LogP contribution >= 0.6 is 0 Å². The summed E-state index contributed by atoms with van der Waals surface area (Å²) in [6.45, 7) is 7.53. The second-order valence-electron chi connectivity index (χ2n) is 7.53. The molecule has 2 aromatic heterocycles. The molecule has 3 heterocycles. The van der Waals surface area contributed by atoms with Crippen molar-refractivity contribution in [2.75, 3.05) is 33.9 Å². The second-order valence-corrected chi connectivity index (χ2v) is 7.53. The Kier molecular flexibility index (Phi) is 7.03. The van der Waals surface area contributed by atoms with Crippen molar-refractivity contribution in [2.45, 2.75) is 39.7 Å². The summed E-state index contributed by atoms with van der Waals surface area (Å²) < 4.78 is 7.32. The molecule has 3 rings (SSSR count). The third kappa shape index (κ3) is 5.32. The number of pyridine rings is 1. The van der Waals surface area contributed by atoms with Gasteiger partial charge in [0.05, 0.1) is 5.69 Å². The van der Waals surface area contributed by atoms with Crippen LogP contribution in [0.25, 0.3) is 5.82 Å². The van der Waals surface area contributed by atoms with E-state index in [-0.39, 0.29) is 0 Å². The fraction of sp³-hybridized carbons (Fsp3) is 0.571. The van der Waals surface area contributed by atoms with Crippen LogP contribution in [0.15, 0.2) is 29.4 Å². The molecule has 152 valence electrons. The molecule has 1 saturated heterocycles. The highest BCUT2D eigenvalue weighted by atomic mass is 16.5. The lowest BCUT2D eigenvalue weighted by molar-refractivity contribution is 0.0625. The first-order valence-electron chi connectivity index (χ1n) is 10.0. The molecular weight excluding hydrogens is 352 g/mol. The minimum Gasteiger partial charge on any atom is -0.381 e. The summed E-state index contributed by atoms with van der Waals surface area (Å²) in [7, 11) is 3.93. The quantitative estimate of drug-likeness (QED) is 0.613. The van der Waals surface area contributed by atoms with E-state index in [1.165, 1.54) is 19.3 Å². The van der Waals surface area contributed by atoms with Crippen LogP contribution in [0.5, 0.6) is 0 Å². The summed E-state index contributed by atoms with van der Waals surface area (Å²) >= 11 is 0. The van der Waals surface area contributed by atoms with Crippen molar-refractivity contribution in [1.82, 2.24) is 25.0 Å². The summed E-state index contributed by atoms with van der Waals surface area (Å²) in [6, 6.07) is 6.15. The third-order valence-corrected chi connectivity index (χ3v) is 5.27. The summed E-state index contributed by atoms with van der Waals surface area (Å²) in [5, 5.41) is 7.92. The number of aromatic nitrogens is 3. The maximum Gasteiger partial charge on any atom is 0.193 e. The van der Waals surface area contributed by atoms with E-state index in [4.69, 9.17) is 4.74 Å². The Morgan fingerprint density at radius 1 is 1.32 bits per heavy atom. The number of hydrogen-bond donors (Lipinski definition) is 1. The molecule has 1 fully saturated rings. The van der Waals surface area contributed by atoms with E-state index >= 15 is 0 Å². The monoisotopic (exact) mass is 384 g/mol. The zero-order chi connectivity index (χ0) is 19.9. The molecule has 0 bridgehead atoms. The third-order valence-electron chi connectivity index (χ3n) is 5.27. The number of nitrogens with zero attached hydrogens (tertiary/aromatic N) is 5. The summed E-state index contributed by atoms with van der Waals surface area (Å²) in [5.74, 6) is 2.52. The van der Waals surface area contributed by atoms with E-state index in [2.05, 4.69) is 44.5 Å². The van der Waals surface area contributed by atoms with Gasteiger partial charge in [0.1, 0.15) is 0 Å². The van der Waals surface area contributed by atoms with Gasteiger partial charge in [-0.15, -0.1) is 0 Å². The van der Waals surface area contributed by atoms with E-state index in [0.29, 0.717) is 6.54 Å². The fourth-order valence-electron chi connectivity index (χ4n) is 3.59. The van der Waals surface area contributed by atoms with Crippen LogP contribution < -0.4 is 5.32 Å². The van der Waals surface area contributed by atoms with E-state index < -0.39 is 0 Å². The predicted octanol–water partition coefficient (Wildman–Crippen LogP) is 2.71. The zero-order valence-electron chi connectivity index (χ0n) is 17.5. The van der Waals surface area contributed by atoms with E-state index in [1.807, 2.05) is 37.8 Å². The lowest BCUT2D eigenvalue weighted by atomic mass is 9.96. The Labute approximate surface area is 167 Å². The van der Waals surface area contributed by atoms with E-state index in [9.17, 15) is 0 Å². The van der Waals surface area contributed by atoms with Gasteiger partial charge in [-0.3, -0.25) is 4.99 Å². The van der Waals surface area contributed by atoms with Gasteiger partial charge in [0.2, 0.25) is 0 Å². The highest BCUT2D eigenvalue weighted by Crippen LogP contribution is 2.18. The van der Waals surface area contributed by atoms with E-state index in [1.54, 1.807) is 0 Å². The Hall–Kier alpha value is -2.41. The summed E-state index contributed by atoms with van der Waals surface area (Å²) in [6.07, 6.45) is 5.42. The van der Waals surface area contributed by atoms with Crippen molar-refractivity contribution in [2.24, 2.45) is 10.9 Å². The molecule has 7 heteroatoms. The number of aliphatic imine (C=N–C) groups is 1. The van der Waals surface area contributed by atoms with Crippen molar-refractivity contribution in [3.05, 3.63) is 41.3 Å². The smallest absolute Gasteiger partial charge is 0.193 e. The molecule has 0 aliphatic carbocycles. The molecule has 2 aromatic rings. The Morgan fingerprint density at radius 2 is 2.11 bits per heavy atom. The molecule has 0 spiro atoms. The average molecular weight is 385 g/mol. The highest BCUT2D eigenvalue weighted by Gasteiger charge is 2.15. The molecule has 0 unspecified atom stereocenters. The van der Waals surface area contributed by atoms with Crippen molar-refractivity contribution in [1.29, 1.82) is 0 Å². The van der Waals surface area contributed by atoms with E-state index in [0.717, 1.165) is 54.4 Å². The predicted molar refractivity (Wildman–Crippen MR) is 112 cm³/mol. The van der Waals surface area contributed by atoms with Gasteiger partial charge < -0.3 is 15.0 Å². The zero-order valence-corrected chi connectivity index (χ0v) is 17.5. The Morgan fingerprint density at radius 3 is 2.71 bits per heavy atom. The number of nitrogens with one attached hydrogen (secondary N) is 1. The molecule has 1 aliphatic rings. The number of ether oxygens (including phenoxy) is 1. The minimum absolute atomic E-state index is 0.693. The number of hydrogen-bond acceptors (Lipinski definition) is 4. The molecule has 1 N–H and O–H groups in total. The first-order valence-corrected chi connectivity index (χ1v) is 10.0. The fourth-order valence-corrected chi connectivity index (χ4v) is 3.59. The van der Waals surface area contributed by atoms with Crippen molar-refractivity contribution < 1.29 is 4.74 Å². The molecule has 28 heavy (non-hydrogen) atoms. The van der Waals surface area contributed by atoms with Crippen LogP contribution in [-0.4, -0.2) is 59.5 Å². The van der Waals surface area contributed by atoms with Crippen LogP contribution in [0.3, 0.4) is 0 Å². The SMILES string of the molecule is CN=C(NCc1ccc(-n2nc(C)cc2C)nc1)N(C)CCC1CCOCC1. The number of rotatable bonds is 6. The van der Waals surface area contributed by atoms with Crippen LogP contribution in [0.1, 0.15) is 36.2 Å². The van der Waals surface area contributed by atoms with Gasteiger partial charge in [-0.05, 0) is 56.7 Å². The Bertz CT molecular complexity index is 777. The van der Waals surface area contributed by atoms with Crippen LogP contribution in [0.4, 0.5) is 0 Å². The van der Waals surface area contributed by atoms with Crippen LogP contribution in [-0.2, 0) is 11.3 Å². The lowest BCUT2D eigenvalue weighted by Gasteiger charge is -2.26. The van der Waals surface area contributed by atoms with Gasteiger partial charge >= 0.3 is 0 Å². The topological polar surface area (TPSA) is 67.6 Å². The van der Waals surface area contributed by atoms with Crippen molar-refractivity contribution >= 4 is 5.96 Å². The standard InChI is InChI=1S/C21H32N6O/c1-16-13-17(2)27(25-16)20-6-5-19(14-23-20)15-24-21(22-3)26(4)10-7-18-8-11-28-12-9-18/h5-6,13-14,18H,7-12,15H2,1-4H3,(H,22,24). The molecule has 7 nitrogen and oxygen atoms in total. The average Bonchev–Trinajstić information content (AvgIpc) is 3.06. The minimum atomic E-state index is 0.693. The van der Waals surface area contributed by atoms with Crippen LogP contribution in [0.2, 0.25) is 0 Å². The van der Waals surface area contributed by atoms with Gasteiger partial charge in [0.25, 0.3) is 0 Å². The summed E-state index contributed by atoms with van der Waals surface area (Å²) in [5.41, 5.74) is 3.20. The molecular formula is C21H32N6O. The second kappa shape index (κ2) is 9.68. The van der Waals surface area contributed by atoms with Crippen molar-refractivity contribution in [3.63, 3.8) is 0 Å². The lowest BCUT2D eigenvalue weighted by Crippen LogP contribution is -2.39. The molecule has 0 amide bonds. The van der Waals surface area contributed by atoms with Crippen LogP contribution in [0, 0.1) is 19.8 Å². The summed E-state index contributed by atoms with van der Waals surface area (Å²) in [4.78, 5) is 11.2. The first-order chi connectivity index (χ1) is 13.6. The molecule has 0 saturated carbocycles. The largest absolute Gasteiger partial charge is 0.381 e. The highest BCUT2D eigenvalue weighted by molar-refractivity contribution is 5.79. The maximum atomic E-state index is 5.45. The number of guanidine groups is 1. The van der Waals surface area contributed by atoms with Crippen molar-refractivity contribution in [3.8, 4) is 5.82 Å². The first kappa shape index (κ1) is 20.3. The maximum absolute atomic E-state index is 5.45. The van der Waals surface area contributed by atoms with Gasteiger partial charge in [-0.25, -0.2) is 9.67 Å². The molecule has 0 atom stereocenters. The van der Waals surface area contributed by atoms with Gasteiger partial charge in [0, 0.05) is 52.3 Å². The van der Waals surface area contributed by atoms with Gasteiger partial charge in [-0.2, -0.15) is 5.10 Å². The number of aryl methyl sites for hydroxylation is 2. The Balaban J connectivity index is 1.51. The van der Waals surface area contributed by atoms with Gasteiger partial charge in [0.15, 0.2) is 11.8 Å². The van der Waals surface area contributed by atoms with Gasteiger partial charge in [-0.1, -0.05) is 6.07 Å².